The van der Waals surface area contributed by atoms with Crippen LogP contribution < -0.4 is 5.32 Å². The van der Waals surface area contributed by atoms with Crippen molar-refractivity contribution < 1.29 is 69.2 Å². The summed E-state index contributed by atoms with van der Waals surface area (Å²) in [5.74, 6) is -6.80. The molecule has 0 unspecified atom stereocenters. The molecule has 0 amide bonds. The second-order valence-electron chi connectivity index (χ2n) is 9.43. The lowest BCUT2D eigenvalue weighted by molar-refractivity contribution is -0.193. The van der Waals surface area contributed by atoms with Gasteiger partial charge in [0.1, 0.15) is 0 Å². The molecule has 4 heterocycles. The van der Waals surface area contributed by atoms with Gasteiger partial charge in [-0.3, -0.25) is 4.98 Å². The first-order valence-electron chi connectivity index (χ1n) is 13.3. The molecule has 0 spiro atoms. The number of carbonyl (C=O) groups is 3. The Balaban J connectivity index is 0.000000430. The van der Waals surface area contributed by atoms with Crippen LogP contribution in [0.1, 0.15) is 43.5 Å². The standard InChI is InChI=1S/C20H26N6.3C2HF3O2/c1-2-10-25-11-7-17(8-12-25)20-23-19-6-5-18(15-26(19)24-20)22-14-16-4-3-9-21-13-16;3*3-2(4,5)1(6)7/h3-6,9,13,15,17,22H,2,7-8,10-12,14H2,1H3;3*(H,6,7). The maximum atomic E-state index is 10.6. The van der Waals surface area contributed by atoms with Gasteiger partial charge in [0.2, 0.25) is 0 Å². The van der Waals surface area contributed by atoms with Crippen molar-refractivity contribution in [3.8, 4) is 0 Å². The van der Waals surface area contributed by atoms with E-state index in [0.29, 0.717) is 5.92 Å². The highest BCUT2D eigenvalue weighted by molar-refractivity contribution is 5.73. The van der Waals surface area contributed by atoms with Gasteiger partial charge in [0.15, 0.2) is 11.5 Å². The Bertz CT molecular complexity index is 1370. The van der Waals surface area contributed by atoms with E-state index in [1.54, 1.807) is 6.20 Å². The van der Waals surface area contributed by atoms with Gasteiger partial charge in [0.05, 0.1) is 11.9 Å². The normalized spacial score (nSPS) is 14.0. The number of aromatic nitrogens is 4. The van der Waals surface area contributed by atoms with E-state index < -0.39 is 36.4 Å². The molecule has 21 heteroatoms. The number of nitrogens with zero attached hydrogens (tertiary/aromatic N) is 5. The van der Waals surface area contributed by atoms with Crippen LogP contribution >= 0.6 is 0 Å². The Morgan fingerprint density at radius 3 is 1.81 bits per heavy atom. The zero-order valence-corrected chi connectivity index (χ0v) is 24.3. The number of rotatable bonds is 6. The van der Waals surface area contributed by atoms with E-state index >= 15 is 0 Å². The lowest BCUT2D eigenvalue weighted by Gasteiger charge is -2.30. The first kappa shape index (κ1) is 40.3. The topological polar surface area (TPSA) is 170 Å². The summed E-state index contributed by atoms with van der Waals surface area (Å²) in [6.45, 7) is 6.52. The summed E-state index contributed by atoms with van der Waals surface area (Å²) >= 11 is 0. The minimum absolute atomic E-state index is 0.481. The first-order valence-corrected chi connectivity index (χ1v) is 13.3. The summed E-state index contributed by atoms with van der Waals surface area (Å²) in [5.41, 5.74) is 3.11. The zero-order chi connectivity index (χ0) is 36.0. The van der Waals surface area contributed by atoms with Gasteiger partial charge in [-0.2, -0.15) is 44.6 Å². The third kappa shape index (κ3) is 15.4. The fraction of sp³-hybridized carbons (Fsp3) is 0.462. The molecule has 47 heavy (non-hydrogen) atoms. The molecule has 1 aliphatic rings. The molecule has 1 aliphatic heterocycles. The lowest BCUT2D eigenvalue weighted by Crippen LogP contribution is -2.33. The molecule has 0 bridgehead atoms. The quantitative estimate of drug-likeness (QED) is 0.250. The number of alkyl halides is 9. The summed E-state index contributed by atoms with van der Waals surface area (Å²) in [6.07, 6.45) is -6.02. The van der Waals surface area contributed by atoms with Crippen LogP contribution in [0.15, 0.2) is 42.9 Å². The van der Waals surface area contributed by atoms with Crippen LogP contribution in [0.3, 0.4) is 0 Å². The first-order chi connectivity index (χ1) is 21.6. The number of hydrogen-bond acceptors (Lipinski definition) is 8. The van der Waals surface area contributed by atoms with E-state index in [1.807, 2.05) is 29.0 Å². The van der Waals surface area contributed by atoms with Gasteiger partial charge in [-0.1, -0.05) is 13.0 Å². The Morgan fingerprint density at radius 1 is 0.872 bits per heavy atom. The minimum Gasteiger partial charge on any atom is -0.475 e. The predicted octanol–water partition coefficient (Wildman–Crippen LogP) is 5.23. The number of piperidine rings is 1. The number of pyridine rings is 2. The van der Waals surface area contributed by atoms with Gasteiger partial charge in [-0.15, -0.1) is 0 Å². The molecule has 262 valence electrons. The number of carboxylic acid groups (broad SMARTS) is 3. The molecular formula is C26H29F9N6O6. The van der Waals surface area contributed by atoms with Gasteiger partial charge in [0, 0.05) is 24.9 Å². The number of carboxylic acids is 3. The van der Waals surface area contributed by atoms with Crippen molar-refractivity contribution in [2.45, 2.75) is 57.2 Å². The lowest BCUT2D eigenvalue weighted by atomic mass is 9.96. The van der Waals surface area contributed by atoms with Crippen LogP contribution in [-0.4, -0.2) is 95.9 Å². The molecule has 0 aromatic carbocycles. The van der Waals surface area contributed by atoms with Crippen molar-refractivity contribution in [1.29, 1.82) is 0 Å². The number of halogens is 9. The molecular weight excluding hydrogens is 663 g/mol. The summed E-state index contributed by atoms with van der Waals surface area (Å²) in [7, 11) is 0. The van der Waals surface area contributed by atoms with E-state index in [9.17, 15) is 39.5 Å². The SMILES string of the molecule is CCCN1CCC(c2nc3ccc(NCc4cccnc4)cn3n2)CC1.O=C(O)C(F)(F)F.O=C(O)C(F)(F)F.O=C(O)C(F)(F)F. The molecule has 3 aromatic rings. The number of likely N-dealkylation sites (tertiary alicyclic amines) is 1. The Hall–Kier alpha value is -4.69. The van der Waals surface area contributed by atoms with Crippen LogP contribution in [0.4, 0.5) is 45.2 Å². The van der Waals surface area contributed by atoms with Crippen LogP contribution in [0.5, 0.6) is 0 Å². The minimum atomic E-state index is -5.08. The molecule has 4 N–H and O–H groups in total. The number of hydrogen-bond donors (Lipinski definition) is 4. The van der Waals surface area contributed by atoms with Crippen LogP contribution in [0, 0.1) is 0 Å². The highest BCUT2D eigenvalue weighted by Gasteiger charge is 2.39. The van der Waals surface area contributed by atoms with E-state index in [-0.39, 0.29) is 0 Å². The fourth-order valence-corrected chi connectivity index (χ4v) is 3.62. The molecule has 0 aliphatic carbocycles. The van der Waals surface area contributed by atoms with Crippen LogP contribution in [0.2, 0.25) is 0 Å². The Labute approximate surface area is 259 Å². The van der Waals surface area contributed by atoms with Crippen molar-refractivity contribution >= 4 is 29.2 Å². The van der Waals surface area contributed by atoms with Gasteiger partial charge in [-0.25, -0.2) is 23.9 Å². The third-order valence-corrected chi connectivity index (χ3v) is 5.79. The van der Waals surface area contributed by atoms with E-state index in [1.165, 1.54) is 13.0 Å². The molecule has 0 radical (unpaired) electrons. The highest BCUT2D eigenvalue weighted by atomic mass is 19.4. The molecule has 0 saturated carbocycles. The molecule has 4 rings (SSSR count). The van der Waals surface area contributed by atoms with Crippen molar-refractivity contribution in [3.05, 3.63) is 54.2 Å². The number of fused-ring (bicyclic) bond motifs is 1. The molecule has 3 aromatic heterocycles. The summed E-state index contributed by atoms with van der Waals surface area (Å²) < 4.78 is 97.1. The fourth-order valence-electron chi connectivity index (χ4n) is 3.62. The van der Waals surface area contributed by atoms with Gasteiger partial charge >= 0.3 is 36.4 Å². The van der Waals surface area contributed by atoms with Crippen molar-refractivity contribution in [1.82, 2.24) is 24.5 Å². The van der Waals surface area contributed by atoms with E-state index in [0.717, 1.165) is 55.2 Å². The number of nitrogens with one attached hydrogen (secondary N) is 1. The Morgan fingerprint density at radius 2 is 1.38 bits per heavy atom. The summed E-state index contributed by atoms with van der Waals surface area (Å²) in [5, 5.41) is 29.6. The number of anilines is 1. The molecule has 0 atom stereocenters. The Kier molecular flexibility index (Phi) is 15.3. The van der Waals surface area contributed by atoms with Crippen LogP contribution in [0.25, 0.3) is 5.65 Å². The average molecular weight is 693 g/mol. The van der Waals surface area contributed by atoms with E-state index in [2.05, 4.69) is 34.3 Å². The third-order valence-electron chi connectivity index (χ3n) is 5.79. The van der Waals surface area contributed by atoms with Gasteiger partial charge in [0.25, 0.3) is 0 Å². The molecule has 1 fully saturated rings. The molecule has 1 saturated heterocycles. The monoisotopic (exact) mass is 692 g/mol. The zero-order valence-electron chi connectivity index (χ0n) is 24.3. The van der Waals surface area contributed by atoms with E-state index in [4.69, 9.17) is 39.8 Å². The maximum absolute atomic E-state index is 10.6. The largest absolute Gasteiger partial charge is 0.490 e. The average Bonchev–Trinajstić information content (AvgIpc) is 3.40. The second-order valence-corrected chi connectivity index (χ2v) is 9.43. The van der Waals surface area contributed by atoms with Gasteiger partial charge < -0.3 is 25.5 Å². The van der Waals surface area contributed by atoms with Crippen molar-refractivity contribution in [3.63, 3.8) is 0 Å². The second kappa shape index (κ2) is 17.9. The van der Waals surface area contributed by atoms with Crippen LogP contribution in [-0.2, 0) is 20.9 Å². The van der Waals surface area contributed by atoms with Gasteiger partial charge in [-0.05, 0) is 62.7 Å². The van der Waals surface area contributed by atoms with Crippen molar-refractivity contribution in [2.24, 2.45) is 0 Å². The predicted molar refractivity (Wildman–Crippen MR) is 144 cm³/mol. The summed E-state index contributed by atoms with van der Waals surface area (Å²) in [4.78, 5) is 38.1. The number of aliphatic carboxylic acids is 3. The molecule has 12 nitrogen and oxygen atoms in total. The van der Waals surface area contributed by atoms with Crippen molar-refractivity contribution in [2.75, 3.05) is 25.0 Å². The maximum Gasteiger partial charge on any atom is 0.490 e. The highest BCUT2D eigenvalue weighted by Crippen LogP contribution is 2.26. The smallest absolute Gasteiger partial charge is 0.475 e. The summed E-state index contributed by atoms with van der Waals surface area (Å²) in [6, 6.07) is 8.12.